The lowest BCUT2D eigenvalue weighted by Gasteiger charge is -2.22. The van der Waals surface area contributed by atoms with Crippen LogP contribution in [0.3, 0.4) is 0 Å². The molecule has 3 rings (SSSR count). The standard InChI is InChI=1S/C19H22N2O2/c22-19(18-8-4-5-13-20-18)21-16-9-11-17(12-10-16)23-14-15-6-2-1-3-7-15/h1-3,6-7,9-12,18,20H,4-5,8,13-14H2,(H,21,22)/t18-/m1/s1. The summed E-state index contributed by atoms with van der Waals surface area (Å²) in [6, 6.07) is 17.5. The molecule has 2 aromatic rings. The Morgan fingerprint density at radius 1 is 1.09 bits per heavy atom. The number of hydrogen-bond acceptors (Lipinski definition) is 3. The Balaban J connectivity index is 1.51. The summed E-state index contributed by atoms with van der Waals surface area (Å²) in [5.41, 5.74) is 1.93. The fourth-order valence-electron chi connectivity index (χ4n) is 2.68. The second-order valence-electron chi connectivity index (χ2n) is 5.79. The summed E-state index contributed by atoms with van der Waals surface area (Å²) in [4.78, 5) is 12.2. The van der Waals surface area contributed by atoms with Crippen LogP contribution in [0.25, 0.3) is 0 Å². The van der Waals surface area contributed by atoms with E-state index >= 15 is 0 Å². The van der Waals surface area contributed by atoms with Gasteiger partial charge in [0.25, 0.3) is 0 Å². The maximum atomic E-state index is 12.2. The minimum atomic E-state index is -0.0715. The average molecular weight is 310 g/mol. The van der Waals surface area contributed by atoms with Crippen LogP contribution in [0.1, 0.15) is 24.8 Å². The van der Waals surface area contributed by atoms with Gasteiger partial charge >= 0.3 is 0 Å². The van der Waals surface area contributed by atoms with Gasteiger partial charge in [-0.2, -0.15) is 0 Å². The molecule has 0 aliphatic carbocycles. The molecule has 2 N–H and O–H groups in total. The first-order valence-corrected chi connectivity index (χ1v) is 8.12. The van der Waals surface area contributed by atoms with Gasteiger partial charge < -0.3 is 15.4 Å². The third-order valence-electron chi connectivity index (χ3n) is 4.00. The fourth-order valence-corrected chi connectivity index (χ4v) is 2.68. The Morgan fingerprint density at radius 3 is 2.57 bits per heavy atom. The third kappa shape index (κ3) is 4.57. The second kappa shape index (κ2) is 7.79. The molecule has 2 aromatic carbocycles. The molecule has 0 aromatic heterocycles. The maximum Gasteiger partial charge on any atom is 0.241 e. The molecule has 4 nitrogen and oxygen atoms in total. The largest absolute Gasteiger partial charge is 0.489 e. The van der Waals surface area contributed by atoms with Crippen molar-refractivity contribution in [2.75, 3.05) is 11.9 Å². The van der Waals surface area contributed by atoms with E-state index in [4.69, 9.17) is 4.74 Å². The molecule has 1 aliphatic rings. The van der Waals surface area contributed by atoms with Crippen molar-refractivity contribution in [1.29, 1.82) is 0 Å². The zero-order valence-electron chi connectivity index (χ0n) is 13.1. The molecule has 1 fully saturated rings. The van der Waals surface area contributed by atoms with Crippen LogP contribution in [0.5, 0.6) is 5.75 Å². The van der Waals surface area contributed by atoms with Crippen molar-refractivity contribution in [1.82, 2.24) is 5.32 Å². The molecule has 0 unspecified atom stereocenters. The number of nitrogens with one attached hydrogen (secondary N) is 2. The van der Waals surface area contributed by atoms with Crippen molar-refractivity contribution in [3.8, 4) is 5.75 Å². The van der Waals surface area contributed by atoms with Gasteiger partial charge in [-0.15, -0.1) is 0 Å². The molecule has 4 heteroatoms. The number of amides is 1. The number of piperidine rings is 1. The average Bonchev–Trinajstić information content (AvgIpc) is 2.63. The molecule has 23 heavy (non-hydrogen) atoms. The van der Waals surface area contributed by atoms with Crippen molar-refractivity contribution in [3.63, 3.8) is 0 Å². The summed E-state index contributed by atoms with van der Waals surface area (Å²) in [5, 5.41) is 6.21. The van der Waals surface area contributed by atoms with Gasteiger partial charge in [-0.3, -0.25) is 4.79 Å². The lowest BCUT2D eigenvalue weighted by atomic mass is 10.0. The van der Waals surface area contributed by atoms with Crippen LogP contribution in [0.2, 0.25) is 0 Å². The topological polar surface area (TPSA) is 50.4 Å². The quantitative estimate of drug-likeness (QED) is 0.890. The van der Waals surface area contributed by atoms with Gasteiger partial charge in [-0.1, -0.05) is 36.8 Å². The lowest BCUT2D eigenvalue weighted by molar-refractivity contribution is -0.118. The minimum absolute atomic E-state index is 0.0441. The number of anilines is 1. The summed E-state index contributed by atoms with van der Waals surface area (Å²) in [7, 11) is 0. The molecule has 0 spiro atoms. The van der Waals surface area contributed by atoms with Crippen LogP contribution in [0, 0.1) is 0 Å². The lowest BCUT2D eigenvalue weighted by Crippen LogP contribution is -2.43. The first-order valence-electron chi connectivity index (χ1n) is 8.12. The van der Waals surface area contributed by atoms with E-state index in [1.54, 1.807) is 0 Å². The summed E-state index contributed by atoms with van der Waals surface area (Å²) < 4.78 is 5.74. The highest BCUT2D eigenvalue weighted by molar-refractivity contribution is 5.94. The number of rotatable bonds is 5. The van der Waals surface area contributed by atoms with E-state index in [-0.39, 0.29) is 11.9 Å². The van der Waals surface area contributed by atoms with Gasteiger partial charge in [0.05, 0.1) is 6.04 Å². The highest BCUT2D eigenvalue weighted by atomic mass is 16.5. The van der Waals surface area contributed by atoms with Gasteiger partial charge in [0.2, 0.25) is 5.91 Å². The number of benzene rings is 2. The van der Waals surface area contributed by atoms with Gasteiger partial charge in [-0.25, -0.2) is 0 Å². The van der Waals surface area contributed by atoms with Crippen LogP contribution < -0.4 is 15.4 Å². The van der Waals surface area contributed by atoms with Crippen molar-refractivity contribution in [2.24, 2.45) is 0 Å². The second-order valence-corrected chi connectivity index (χ2v) is 5.79. The predicted molar refractivity (Wildman–Crippen MR) is 91.5 cm³/mol. The molecule has 0 saturated carbocycles. The molecule has 1 saturated heterocycles. The van der Waals surface area contributed by atoms with Crippen LogP contribution in [-0.4, -0.2) is 18.5 Å². The summed E-state index contributed by atoms with van der Waals surface area (Å²) in [6.45, 7) is 1.46. The number of carbonyl (C=O) groups is 1. The number of hydrogen-bond donors (Lipinski definition) is 2. The summed E-state index contributed by atoms with van der Waals surface area (Å²) in [6.07, 6.45) is 3.17. The molecule has 1 aliphatic heterocycles. The van der Waals surface area contributed by atoms with Gasteiger partial charge in [0, 0.05) is 5.69 Å². The highest BCUT2D eigenvalue weighted by Gasteiger charge is 2.20. The maximum absolute atomic E-state index is 12.2. The summed E-state index contributed by atoms with van der Waals surface area (Å²) in [5.74, 6) is 0.838. The SMILES string of the molecule is O=C(Nc1ccc(OCc2ccccc2)cc1)[C@H]1CCCCN1. The number of ether oxygens (including phenoxy) is 1. The van der Waals surface area contributed by atoms with E-state index in [1.165, 1.54) is 0 Å². The Kier molecular flexibility index (Phi) is 5.27. The molecule has 1 heterocycles. The first kappa shape index (κ1) is 15.6. The smallest absolute Gasteiger partial charge is 0.241 e. The molecule has 0 bridgehead atoms. The van der Waals surface area contributed by atoms with Crippen LogP contribution in [0.4, 0.5) is 5.69 Å². The molecule has 1 amide bonds. The minimum Gasteiger partial charge on any atom is -0.489 e. The summed E-state index contributed by atoms with van der Waals surface area (Å²) >= 11 is 0. The molecule has 1 atom stereocenters. The van der Waals surface area contributed by atoms with E-state index in [1.807, 2.05) is 54.6 Å². The van der Waals surface area contributed by atoms with Gasteiger partial charge in [0.1, 0.15) is 12.4 Å². The van der Waals surface area contributed by atoms with Gasteiger partial charge in [-0.05, 0) is 49.2 Å². The Labute approximate surface area is 136 Å². The van der Waals surface area contributed by atoms with E-state index in [0.29, 0.717) is 6.61 Å². The van der Waals surface area contributed by atoms with Crippen LogP contribution in [-0.2, 0) is 11.4 Å². The highest BCUT2D eigenvalue weighted by Crippen LogP contribution is 2.18. The van der Waals surface area contributed by atoms with E-state index < -0.39 is 0 Å². The molecule has 120 valence electrons. The molecular formula is C19H22N2O2. The van der Waals surface area contributed by atoms with E-state index in [2.05, 4.69) is 10.6 Å². The zero-order chi connectivity index (χ0) is 15.9. The predicted octanol–water partition coefficient (Wildman–Crippen LogP) is 3.35. The Hall–Kier alpha value is -2.33. The molecule has 0 radical (unpaired) electrons. The Morgan fingerprint density at radius 2 is 1.87 bits per heavy atom. The third-order valence-corrected chi connectivity index (χ3v) is 4.00. The van der Waals surface area contributed by atoms with Crippen LogP contribution >= 0.6 is 0 Å². The molecular weight excluding hydrogens is 288 g/mol. The zero-order valence-corrected chi connectivity index (χ0v) is 13.1. The first-order chi connectivity index (χ1) is 11.3. The van der Waals surface area contributed by atoms with E-state index in [0.717, 1.165) is 42.8 Å². The van der Waals surface area contributed by atoms with Crippen LogP contribution in [0.15, 0.2) is 54.6 Å². The van der Waals surface area contributed by atoms with Crippen molar-refractivity contribution < 1.29 is 9.53 Å². The monoisotopic (exact) mass is 310 g/mol. The normalized spacial score (nSPS) is 17.5. The van der Waals surface area contributed by atoms with Gasteiger partial charge in [0.15, 0.2) is 0 Å². The van der Waals surface area contributed by atoms with Crippen molar-refractivity contribution in [3.05, 3.63) is 60.2 Å². The van der Waals surface area contributed by atoms with Crippen molar-refractivity contribution in [2.45, 2.75) is 31.9 Å². The Bertz CT molecular complexity index is 620. The van der Waals surface area contributed by atoms with Crippen molar-refractivity contribution >= 4 is 11.6 Å². The fraction of sp³-hybridized carbons (Fsp3) is 0.316. The number of carbonyl (C=O) groups excluding carboxylic acids is 1. The van der Waals surface area contributed by atoms with E-state index in [9.17, 15) is 4.79 Å².